The Balaban J connectivity index is 1.66. The lowest BCUT2D eigenvalue weighted by atomic mass is 9.83. The number of pyridine rings is 1. The van der Waals surface area contributed by atoms with Gasteiger partial charge in [-0.2, -0.15) is 0 Å². The number of hydrogen-bond donors (Lipinski definition) is 0. The van der Waals surface area contributed by atoms with E-state index >= 15 is 0 Å². The third kappa shape index (κ3) is 2.99. The standard InChI is InChI=1S/C22H24N2O/c1-15-8-9-18-13-24(14-19(18)12-15)22(25)21-16(2)23-11-10-20(21)17-6-4-3-5-7-17/h3-8,10-11,18-19H,9,12-14H2,1-2H3/t18-,19+/m1/s1. The van der Waals surface area contributed by atoms with Crippen molar-refractivity contribution in [2.45, 2.75) is 26.7 Å². The Morgan fingerprint density at radius 1 is 1.08 bits per heavy atom. The highest BCUT2D eigenvalue weighted by atomic mass is 16.2. The van der Waals surface area contributed by atoms with Crippen molar-refractivity contribution in [1.82, 2.24) is 9.88 Å². The molecule has 2 aliphatic rings. The summed E-state index contributed by atoms with van der Waals surface area (Å²) in [6.07, 6.45) is 6.38. The first kappa shape index (κ1) is 16.1. The second-order valence-corrected chi connectivity index (χ2v) is 7.41. The lowest BCUT2D eigenvalue weighted by Gasteiger charge is -2.21. The Kier molecular flexibility index (Phi) is 4.16. The van der Waals surface area contributed by atoms with Crippen LogP contribution in [0.5, 0.6) is 0 Å². The van der Waals surface area contributed by atoms with E-state index in [4.69, 9.17) is 0 Å². The Labute approximate surface area is 149 Å². The average Bonchev–Trinajstić information content (AvgIpc) is 3.05. The largest absolute Gasteiger partial charge is 0.338 e. The highest BCUT2D eigenvalue weighted by Gasteiger charge is 2.37. The number of benzene rings is 1. The Morgan fingerprint density at radius 3 is 2.64 bits per heavy atom. The van der Waals surface area contributed by atoms with Crippen molar-refractivity contribution in [2.24, 2.45) is 11.8 Å². The molecule has 1 fully saturated rings. The maximum absolute atomic E-state index is 13.4. The minimum absolute atomic E-state index is 0.136. The second-order valence-electron chi connectivity index (χ2n) is 7.41. The zero-order valence-corrected chi connectivity index (χ0v) is 14.9. The summed E-state index contributed by atoms with van der Waals surface area (Å²) in [5.74, 6) is 1.37. The van der Waals surface area contributed by atoms with Crippen molar-refractivity contribution in [2.75, 3.05) is 13.1 Å². The monoisotopic (exact) mass is 332 g/mol. The van der Waals surface area contributed by atoms with Crippen LogP contribution in [0.4, 0.5) is 0 Å². The van der Waals surface area contributed by atoms with E-state index in [9.17, 15) is 4.79 Å². The first-order valence-corrected chi connectivity index (χ1v) is 9.09. The predicted octanol–water partition coefficient (Wildman–Crippen LogP) is 4.49. The Bertz CT molecular complexity index is 825. The quantitative estimate of drug-likeness (QED) is 0.759. The highest BCUT2D eigenvalue weighted by Crippen LogP contribution is 2.37. The molecule has 3 heteroatoms. The first-order valence-electron chi connectivity index (χ1n) is 9.09. The van der Waals surface area contributed by atoms with Crippen LogP contribution in [0.1, 0.15) is 35.8 Å². The van der Waals surface area contributed by atoms with Gasteiger partial charge in [-0.15, -0.1) is 0 Å². The fourth-order valence-electron chi connectivity index (χ4n) is 4.31. The number of likely N-dealkylation sites (tertiary alicyclic amines) is 1. The van der Waals surface area contributed by atoms with Crippen LogP contribution in [0.3, 0.4) is 0 Å². The second kappa shape index (κ2) is 6.47. The van der Waals surface area contributed by atoms with Crippen molar-refractivity contribution >= 4 is 5.91 Å². The molecule has 3 nitrogen and oxygen atoms in total. The minimum atomic E-state index is 0.136. The maximum Gasteiger partial charge on any atom is 0.256 e. The minimum Gasteiger partial charge on any atom is -0.338 e. The van der Waals surface area contributed by atoms with Gasteiger partial charge in [-0.25, -0.2) is 0 Å². The molecule has 1 aliphatic carbocycles. The van der Waals surface area contributed by atoms with Crippen molar-refractivity contribution in [3.8, 4) is 11.1 Å². The zero-order valence-electron chi connectivity index (χ0n) is 14.9. The third-order valence-electron chi connectivity index (χ3n) is 5.66. The summed E-state index contributed by atoms with van der Waals surface area (Å²) in [6, 6.07) is 12.1. The Hall–Kier alpha value is -2.42. The maximum atomic E-state index is 13.4. The molecule has 2 aromatic rings. The van der Waals surface area contributed by atoms with E-state index in [1.165, 1.54) is 5.57 Å². The number of aryl methyl sites for hydroxylation is 1. The van der Waals surface area contributed by atoms with Gasteiger partial charge in [0, 0.05) is 19.3 Å². The van der Waals surface area contributed by atoms with Gasteiger partial charge in [0.15, 0.2) is 0 Å². The summed E-state index contributed by atoms with van der Waals surface area (Å²) in [7, 11) is 0. The summed E-state index contributed by atoms with van der Waals surface area (Å²) in [5.41, 5.74) is 5.11. The van der Waals surface area contributed by atoms with Crippen LogP contribution in [-0.4, -0.2) is 28.9 Å². The molecule has 1 aromatic heterocycles. The fraction of sp³-hybridized carbons (Fsp3) is 0.364. The number of rotatable bonds is 2. The smallest absolute Gasteiger partial charge is 0.256 e. The number of fused-ring (bicyclic) bond motifs is 1. The van der Waals surface area contributed by atoms with Crippen LogP contribution in [0.25, 0.3) is 11.1 Å². The number of carbonyl (C=O) groups excluding carboxylic acids is 1. The number of aromatic nitrogens is 1. The number of allylic oxidation sites excluding steroid dienone is 2. The molecule has 0 N–H and O–H groups in total. The van der Waals surface area contributed by atoms with Crippen molar-refractivity contribution in [3.05, 3.63) is 65.5 Å². The van der Waals surface area contributed by atoms with E-state index in [0.717, 1.165) is 48.3 Å². The SMILES string of the molecule is CC1=CC[C@@H]2CN(C(=O)c3c(-c4ccccc4)ccnc3C)C[C@@H]2C1. The zero-order chi connectivity index (χ0) is 17.4. The summed E-state index contributed by atoms with van der Waals surface area (Å²) in [5, 5.41) is 0. The fourth-order valence-corrected chi connectivity index (χ4v) is 4.31. The van der Waals surface area contributed by atoms with E-state index in [1.54, 1.807) is 6.20 Å². The molecule has 25 heavy (non-hydrogen) atoms. The van der Waals surface area contributed by atoms with Gasteiger partial charge < -0.3 is 4.90 Å². The van der Waals surface area contributed by atoms with Crippen LogP contribution in [-0.2, 0) is 0 Å². The van der Waals surface area contributed by atoms with Crippen molar-refractivity contribution < 1.29 is 4.79 Å². The molecule has 0 saturated carbocycles. The lowest BCUT2D eigenvalue weighted by Crippen LogP contribution is -2.30. The average molecular weight is 332 g/mol. The molecule has 4 rings (SSSR count). The van der Waals surface area contributed by atoms with E-state index in [-0.39, 0.29) is 5.91 Å². The van der Waals surface area contributed by atoms with E-state index in [1.807, 2.05) is 31.2 Å². The molecule has 1 aliphatic heterocycles. The van der Waals surface area contributed by atoms with Gasteiger partial charge in [0.2, 0.25) is 0 Å². The van der Waals surface area contributed by atoms with Crippen LogP contribution in [0, 0.1) is 18.8 Å². The van der Waals surface area contributed by atoms with Crippen LogP contribution in [0.2, 0.25) is 0 Å². The lowest BCUT2D eigenvalue weighted by molar-refractivity contribution is 0.0783. The highest BCUT2D eigenvalue weighted by molar-refractivity contribution is 6.02. The first-order chi connectivity index (χ1) is 12.1. The molecule has 1 aromatic carbocycles. The molecule has 0 unspecified atom stereocenters. The van der Waals surface area contributed by atoms with E-state index in [2.05, 4.69) is 35.0 Å². The van der Waals surface area contributed by atoms with Gasteiger partial charge in [0.05, 0.1) is 11.3 Å². The van der Waals surface area contributed by atoms with Crippen LogP contribution < -0.4 is 0 Å². The molecular formula is C22H24N2O. The Morgan fingerprint density at radius 2 is 1.84 bits per heavy atom. The van der Waals surface area contributed by atoms with Crippen LogP contribution in [0.15, 0.2) is 54.2 Å². The number of hydrogen-bond acceptors (Lipinski definition) is 2. The number of nitrogens with zero attached hydrogens (tertiary/aromatic N) is 2. The molecule has 2 heterocycles. The number of carbonyl (C=O) groups is 1. The molecule has 1 amide bonds. The third-order valence-corrected chi connectivity index (χ3v) is 5.66. The van der Waals surface area contributed by atoms with Gasteiger partial charge in [-0.1, -0.05) is 42.0 Å². The van der Waals surface area contributed by atoms with Gasteiger partial charge in [-0.3, -0.25) is 9.78 Å². The van der Waals surface area contributed by atoms with Gasteiger partial charge in [0.1, 0.15) is 0 Å². The topological polar surface area (TPSA) is 33.2 Å². The summed E-state index contributed by atoms with van der Waals surface area (Å²) >= 11 is 0. The molecule has 128 valence electrons. The van der Waals surface area contributed by atoms with Crippen molar-refractivity contribution in [1.29, 1.82) is 0 Å². The molecule has 1 saturated heterocycles. The molecule has 0 bridgehead atoms. The molecule has 0 spiro atoms. The van der Waals surface area contributed by atoms with E-state index in [0.29, 0.717) is 11.8 Å². The predicted molar refractivity (Wildman–Crippen MR) is 100 cm³/mol. The molecule has 0 radical (unpaired) electrons. The van der Waals surface area contributed by atoms with Gasteiger partial charge >= 0.3 is 0 Å². The van der Waals surface area contributed by atoms with Crippen LogP contribution >= 0.6 is 0 Å². The summed E-state index contributed by atoms with van der Waals surface area (Å²) < 4.78 is 0. The number of amides is 1. The van der Waals surface area contributed by atoms with Crippen molar-refractivity contribution in [3.63, 3.8) is 0 Å². The van der Waals surface area contributed by atoms with E-state index < -0.39 is 0 Å². The van der Waals surface area contributed by atoms with Gasteiger partial charge in [-0.05, 0) is 55.7 Å². The summed E-state index contributed by atoms with van der Waals surface area (Å²) in [4.78, 5) is 19.8. The molecule has 2 atom stereocenters. The molecular weight excluding hydrogens is 308 g/mol. The normalized spacial score (nSPS) is 22.5. The van der Waals surface area contributed by atoms with Gasteiger partial charge in [0.25, 0.3) is 5.91 Å². The summed E-state index contributed by atoms with van der Waals surface area (Å²) in [6.45, 7) is 5.89.